The Hall–Kier alpha value is -3.78. The Morgan fingerprint density at radius 2 is 1.55 bits per heavy atom. The topological polar surface area (TPSA) is 196 Å². The van der Waals surface area contributed by atoms with Gasteiger partial charge in [-0.15, -0.1) is 0 Å². The van der Waals surface area contributed by atoms with E-state index in [1.165, 1.54) is 0 Å². The fraction of sp³-hybridized carbons (Fsp3) is 0.474. The molecular formula is C19H30N12O2. The molecule has 4 heterocycles. The summed E-state index contributed by atoms with van der Waals surface area (Å²) in [7, 11) is 0. The van der Waals surface area contributed by atoms with Crippen molar-refractivity contribution >= 4 is 34.7 Å². The van der Waals surface area contributed by atoms with Crippen LogP contribution in [-0.2, 0) is 22.3 Å². The van der Waals surface area contributed by atoms with Gasteiger partial charge in [-0.25, -0.2) is 21.7 Å². The van der Waals surface area contributed by atoms with Crippen LogP contribution in [0.2, 0.25) is 0 Å². The third-order valence-electron chi connectivity index (χ3n) is 4.81. The maximum absolute atomic E-state index is 11.8. The number of carbonyl (C=O) groups excluding carboxylic acids is 2. The van der Waals surface area contributed by atoms with Gasteiger partial charge in [0, 0.05) is 11.1 Å². The summed E-state index contributed by atoms with van der Waals surface area (Å²) in [6.07, 6.45) is 3.43. The molecule has 0 fully saturated rings. The first-order chi connectivity index (χ1) is 15.4. The zero-order valence-electron chi connectivity index (χ0n) is 19.5. The first kappa shape index (κ1) is 23.9. The first-order valence-corrected chi connectivity index (χ1v) is 10.2. The Kier molecular flexibility index (Phi) is 6.24. The number of imidazole rings is 2. The molecule has 0 saturated heterocycles. The molecule has 3 aromatic rings. The molecule has 178 valence electrons. The largest absolute Gasteiger partial charge is 0.321 e. The molecule has 0 aliphatic carbocycles. The number of hydrogen-bond donors (Lipinski definition) is 6. The van der Waals surface area contributed by atoms with Gasteiger partial charge < -0.3 is 14.6 Å². The van der Waals surface area contributed by atoms with Gasteiger partial charge in [0.05, 0.1) is 24.8 Å². The van der Waals surface area contributed by atoms with Gasteiger partial charge in [-0.2, -0.15) is 9.97 Å². The summed E-state index contributed by atoms with van der Waals surface area (Å²) in [6.45, 7) is 12.1. The number of fused-ring (bicyclic) bond motifs is 2. The summed E-state index contributed by atoms with van der Waals surface area (Å²) in [5.74, 6) is 10.9. The molecule has 0 spiro atoms. The number of anilines is 2. The highest BCUT2D eigenvalue weighted by Gasteiger charge is 2.28. The van der Waals surface area contributed by atoms with Crippen LogP contribution in [0.5, 0.6) is 0 Å². The van der Waals surface area contributed by atoms with Crippen molar-refractivity contribution in [3.05, 3.63) is 24.0 Å². The molecule has 4 rings (SSSR count). The van der Waals surface area contributed by atoms with Crippen LogP contribution < -0.4 is 33.4 Å². The number of hydrogen-bond acceptors (Lipinski definition) is 10. The lowest BCUT2D eigenvalue weighted by Crippen LogP contribution is -2.41. The number of aromatic nitrogens is 6. The van der Waals surface area contributed by atoms with Crippen LogP contribution in [0.3, 0.4) is 0 Å². The lowest BCUT2D eigenvalue weighted by atomic mass is 10.1. The standard InChI is InChI=1S/C10H14N4O2.C9H16N8/c1-10(2,3)14-5-11-6-4-7(15)12-13-9(16)8(6)14;1-9(2,3)17-4-12-5-6(15-10)13-8(16-11)14-7(5)17/h5H,4H2,1-3H3,(H,12,15)(H,13,16);4H,10-11H2,1-3H3,(H2,13,14,15,16). The van der Waals surface area contributed by atoms with E-state index >= 15 is 0 Å². The van der Waals surface area contributed by atoms with Gasteiger partial charge >= 0.3 is 0 Å². The molecule has 0 saturated carbocycles. The zero-order valence-corrected chi connectivity index (χ0v) is 19.5. The van der Waals surface area contributed by atoms with Crippen LogP contribution >= 0.6 is 0 Å². The number of amides is 2. The van der Waals surface area contributed by atoms with Crippen molar-refractivity contribution in [3.8, 4) is 0 Å². The molecule has 0 bridgehead atoms. The van der Waals surface area contributed by atoms with Crippen LogP contribution in [0.1, 0.15) is 57.7 Å². The normalized spacial score (nSPS) is 13.9. The Morgan fingerprint density at radius 3 is 2.12 bits per heavy atom. The smallest absolute Gasteiger partial charge is 0.288 e. The lowest BCUT2D eigenvalue weighted by Gasteiger charge is -2.22. The van der Waals surface area contributed by atoms with Crippen molar-refractivity contribution in [2.24, 2.45) is 11.7 Å². The summed E-state index contributed by atoms with van der Waals surface area (Å²) < 4.78 is 3.71. The van der Waals surface area contributed by atoms with Crippen molar-refractivity contribution in [3.63, 3.8) is 0 Å². The molecule has 2 amide bonds. The van der Waals surface area contributed by atoms with Crippen LogP contribution in [0.4, 0.5) is 11.8 Å². The Morgan fingerprint density at radius 1 is 0.909 bits per heavy atom. The summed E-state index contributed by atoms with van der Waals surface area (Å²) in [4.78, 5) is 39.8. The van der Waals surface area contributed by atoms with E-state index in [2.05, 4.69) is 62.4 Å². The average molecular weight is 459 g/mol. The minimum Gasteiger partial charge on any atom is -0.321 e. The Labute approximate surface area is 190 Å². The van der Waals surface area contributed by atoms with Crippen molar-refractivity contribution in [2.45, 2.75) is 59.0 Å². The van der Waals surface area contributed by atoms with Gasteiger partial charge in [-0.1, -0.05) is 0 Å². The molecule has 0 unspecified atom stereocenters. The molecular weight excluding hydrogens is 428 g/mol. The van der Waals surface area contributed by atoms with E-state index in [-0.39, 0.29) is 35.3 Å². The zero-order chi connectivity index (χ0) is 24.6. The van der Waals surface area contributed by atoms with Gasteiger partial charge in [-0.05, 0) is 41.5 Å². The van der Waals surface area contributed by atoms with E-state index in [0.29, 0.717) is 28.4 Å². The third kappa shape index (κ3) is 4.85. The lowest BCUT2D eigenvalue weighted by molar-refractivity contribution is -0.121. The van der Waals surface area contributed by atoms with Crippen molar-refractivity contribution in [2.75, 3.05) is 10.9 Å². The number of rotatable bonds is 2. The van der Waals surface area contributed by atoms with Crippen LogP contribution in [0.15, 0.2) is 12.7 Å². The monoisotopic (exact) mass is 458 g/mol. The van der Waals surface area contributed by atoms with Crippen LogP contribution in [0.25, 0.3) is 11.2 Å². The highest BCUT2D eigenvalue weighted by Crippen LogP contribution is 2.25. The summed E-state index contributed by atoms with van der Waals surface area (Å²) in [5.41, 5.74) is 11.4. The summed E-state index contributed by atoms with van der Waals surface area (Å²) in [6, 6.07) is 0. The van der Waals surface area contributed by atoms with E-state index < -0.39 is 0 Å². The molecule has 0 atom stereocenters. The minimum atomic E-state index is -0.326. The van der Waals surface area contributed by atoms with E-state index in [1.54, 1.807) is 17.2 Å². The van der Waals surface area contributed by atoms with Gasteiger partial charge in [0.2, 0.25) is 11.9 Å². The van der Waals surface area contributed by atoms with Crippen molar-refractivity contribution < 1.29 is 9.59 Å². The van der Waals surface area contributed by atoms with Gasteiger partial charge in [0.25, 0.3) is 5.91 Å². The van der Waals surface area contributed by atoms with E-state index in [0.717, 1.165) is 0 Å². The molecule has 0 aromatic carbocycles. The Bertz CT molecular complexity index is 1180. The molecule has 33 heavy (non-hydrogen) atoms. The predicted octanol–water partition coefficient (Wildman–Crippen LogP) is 0.108. The number of hydrazine groups is 3. The van der Waals surface area contributed by atoms with Crippen LogP contribution in [0, 0.1) is 0 Å². The molecule has 3 aromatic heterocycles. The van der Waals surface area contributed by atoms with E-state index in [4.69, 9.17) is 11.7 Å². The van der Waals surface area contributed by atoms with E-state index in [1.807, 2.05) is 25.3 Å². The van der Waals surface area contributed by atoms with Crippen molar-refractivity contribution in [1.29, 1.82) is 0 Å². The van der Waals surface area contributed by atoms with Gasteiger partial charge in [-0.3, -0.25) is 25.9 Å². The molecule has 14 heteroatoms. The first-order valence-electron chi connectivity index (χ1n) is 10.2. The Balaban J connectivity index is 0.000000186. The molecule has 8 N–H and O–H groups in total. The highest BCUT2D eigenvalue weighted by atomic mass is 16.2. The second-order valence-electron chi connectivity index (χ2n) is 9.40. The van der Waals surface area contributed by atoms with Gasteiger partial charge in [0.1, 0.15) is 5.69 Å². The maximum atomic E-state index is 11.8. The minimum absolute atomic E-state index is 0.122. The quantitative estimate of drug-likeness (QED) is 0.226. The molecule has 1 aliphatic rings. The number of nitrogens with one attached hydrogen (secondary N) is 4. The van der Waals surface area contributed by atoms with E-state index in [9.17, 15) is 9.59 Å². The fourth-order valence-electron chi connectivity index (χ4n) is 3.20. The number of carbonyl (C=O) groups is 2. The predicted molar refractivity (Wildman–Crippen MR) is 122 cm³/mol. The highest BCUT2D eigenvalue weighted by molar-refractivity contribution is 5.98. The van der Waals surface area contributed by atoms with Gasteiger partial charge in [0.15, 0.2) is 17.0 Å². The van der Waals surface area contributed by atoms with Crippen molar-refractivity contribution in [1.82, 2.24) is 39.9 Å². The number of nitrogens with two attached hydrogens (primary N) is 2. The average Bonchev–Trinajstić information content (AvgIpc) is 3.32. The summed E-state index contributed by atoms with van der Waals surface area (Å²) >= 11 is 0. The summed E-state index contributed by atoms with van der Waals surface area (Å²) in [5, 5.41) is 0. The SMILES string of the molecule is CC(C)(C)n1cnc2c(NN)nc(NN)nc21.CC(C)(C)n1cnc2c1C(=O)NNC(=O)C2. The molecule has 1 aliphatic heterocycles. The second-order valence-corrected chi connectivity index (χ2v) is 9.40. The van der Waals surface area contributed by atoms with Crippen LogP contribution in [-0.4, -0.2) is 40.9 Å². The fourth-order valence-corrected chi connectivity index (χ4v) is 3.20. The number of nitrogen functional groups attached to an aromatic ring is 2. The molecule has 0 radical (unpaired) electrons. The number of nitrogens with zero attached hydrogens (tertiary/aromatic N) is 6. The maximum Gasteiger partial charge on any atom is 0.288 e. The second kappa shape index (κ2) is 8.63. The third-order valence-corrected chi connectivity index (χ3v) is 4.81. The molecule has 14 nitrogen and oxygen atoms in total.